The molecule has 2 N–H and O–H groups in total. The summed E-state index contributed by atoms with van der Waals surface area (Å²) in [7, 11) is -4.00. The number of benzene rings is 1. The average molecular weight is 310 g/mol. The molecule has 0 saturated carbocycles. The molecule has 0 radical (unpaired) electrons. The molecule has 9 heteroatoms. The topological polar surface area (TPSA) is 118 Å². The fourth-order valence-electron chi connectivity index (χ4n) is 1.92. The molecule has 0 unspecified atom stereocenters. The van der Waals surface area contributed by atoms with Gasteiger partial charge in [-0.2, -0.15) is 5.10 Å². The van der Waals surface area contributed by atoms with Crippen LogP contribution in [0, 0.1) is 24.0 Å². The molecule has 0 aliphatic rings. The number of aromatic amines is 1. The van der Waals surface area contributed by atoms with E-state index in [0.717, 1.165) is 5.56 Å². The molecule has 0 aliphatic carbocycles. The van der Waals surface area contributed by atoms with Crippen molar-refractivity contribution in [2.45, 2.75) is 25.3 Å². The highest BCUT2D eigenvalue weighted by molar-refractivity contribution is 7.89. The van der Waals surface area contributed by atoms with Crippen molar-refractivity contribution in [1.29, 1.82) is 0 Å². The molecule has 0 spiro atoms. The lowest BCUT2D eigenvalue weighted by molar-refractivity contribution is -0.387. The van der Waals surface area contributed by atoms with Gasteiger partial charge in [0.2, 0.25) is 10.0 Å². The lowest BCUT2D eigenvalue weighted by atomic mass is 10.2. The molecular weight excluding hydrogens is 296 g/mol. The van der Waals surface area contributed by atoms with Gasteiger partial charge in [0.05, 0.1) is 23.4 Å². The van der Waals surface area contributed by atoms with Crippen molar-refractivity contribution in [2.75, 3.05) is 0 Å². The SMILES string of the molecule is Cc1cn[nH]c1CNS(=O)(=O)c1c(C)cccc1[N+](=O)[O-]. The largest absolute Gasteiger partial charge is 0.289 e. The van der Waals surface area contributed by atoms with Gasteiger partial charge in [0.25, 0.3) is 5.69 Å². The molecular formula is C12H14N4O4S. The molecule has 1 aromatic carbocycles. The zero-order valence-corrected chi connectivity index (χ0v) is 12.3. The van der Waals surface area contributed by atoms with E-state index in [1.165, 1.54) is 25.1 Å². The zero-order valence-electron chi connectivity index (χ0n) is 11.5. The van der Waals surface area contributed by atoms with Gasteiger partial charge in [-0.1, -0.05) is 12.1 Å². The number of rotatable bonds is 5. The Bertz CT molecular complexity index is 782. The predicted molar refractivity (Wildman–Crippen MR) is 75.2 cm³/mol. The fraction of sp³-hybridized carbons (Fsp3) is 0.250. The molecule has 1 aromatic heterocycles. The molecule has 21 heavy (non-hydrogen) atoms. The maximum Gasteiger partial charge on any atom is 0.289 e. The van der Waals surface area contributed by atoms with Gasteiger partial charge >= 0.3 is 0 Å². The van der Waals surface area contributed by atoms with Crippen LogP contribution in [-0.2, 0) is 16.6 Å². The van der Waals surface area contributed by atoms with Gasteiger partial charge in [-0.3, -0.25) is 15.2 Å². The average Bonchev–Trinajstić information content (AvgIpc) is 2.81. The second kappa shape index (κ2) is 5.62. The van der Waals surface area contributed by atoms with Crippen LogP contribution in [0.15, 0.2) is 29.3 Å². The van der Waals surface area contributed by atoms with Gasteiger partial charge < -0.3 is 0 Å². The third-order valence-corrected chi connectivity index (χ3v) is 4.62. The fourth-order valence-corrected chi connectivity index (χ4v) is 3.31. The molecule has 1 heterocycles. The molecule has 0 bridgehead atoms. The summed E-state index contributed by atoms with van der Waals surface area (Å²) in [6.45, 7) is 3.28. The number of nitrogens with one attached hydrogen (secondary N) is 2. The van der Waals surface area contributed by atoms with Crippen molar-refractivity contribution >= 4 is 15.7 Å². The van der Waals surface area contributed by atoms with Gasteiger partial charge in [-0.15, -0.1) is 0 Å². The third-order valence-electron chi connectivity index (χ3n) is 3.03. The molecule has 2 aromatic rings. The Balaban J connectivity index is 2.36. The minimum Gasteiger partial charge on any atom is -0.281 e. The number of nitro groups is 1. The van der Waals surface area contributed by atoms with E-state index in [1.807, 2.05) is 0 Å². The summed E-state index contributed by atoms with van der Waals surface area (Å²) in [4.78, 5) is 9.99. The van der Waals surface area contributed by atoms with E-state index in [4.69, 9.17) is 0 Å². The van der Waals surface area contributed by atoms with E-state index < -0.39 is 20.6 Å². The summed E-state index contributed by atoms with van der Waals surface area (Å²) in [6.07, 6.45) is 1.57. The van der Waals surface area contributed by atoms with Gasteiger partial charge in [0.15, 0.2) is 4.90 Å². The Labute approximate surface area is 121 Å². The monoisotopic (exact) mass is 310 g/mol. The van der Waals surface area contributed by atoms with E-state index >= 15 is 0 Å². The summed E-state index contributed by atoms with van der Waals surface area (Å²) in [6, 6.07) is 4.14. The first-order chi connectivity index (χ1) is 9.83. The minimum atomic E-state index is -4.00. The Hall–Kier alpha value is -2.26. The molecule has 0 saturated heterocycles. The van der Waals surface area contributed by atoms with Gasteiger partial charge in [0, 0.05) is 6.07 Å². The number of sulfonamides is 1. The maximum atomic E-state index is 12.3. The van der Waals surface area contributed by atoms with Crippen LogP contribution >= 0.6 is 0 Å². The minimum absolute atomic E-state index is 0.0142. The Morgan fingerprint density at radius 1 is 1.33 bits per heavy atom. The van der Waals surface area contributed by atoms with E-state index in [1.54, 1.807) is 13.1 Å². The van der Waals surface area contributed by atoms with E-state index in [9.17, 15) is 18.5 Å². The zero-order chi connectivity index (χ0) is 15.6. The van der Waals surface area contributed by atoms with Crippen LogP contribution in [0.1, 0.15) is 16.8 Å². The van der Waals surface area contributed by atoms with Crippen LogP contribution < -0.4 is 4.72 Å². The maximum absolute atomic E-state index is 12.3. The van der Waals surface area contributed by atoms with Gasteiger partial charge in [-0.05, 0) is 25.0 Å². The Morgan fingerprint density at radius 3 is 2.62 bits per heavy atom. The first-order valence-electron chi connectivity index (χ1n) is 6.05. The van der Waals surface area contributed by atoms with Crippen LogP contribution in [0.3, 0.4) is 0 Å². The first-order valence-corrected chi connectivity index (χ1v) is 7.54. The summed E-state index contributed by atoms with van der Waals surface area (Å²) in [5.74, 6) is 0. The number of nitro benzene ring substituents is 1. The highest BCUT2D eigenvalue weighted by atomic mass is 32.2. The van der Waals surface area contributed by atoms with E-state index in [2.05, 4.69) is 14.9 Å². The van der Waals surface area contributed by atoms with Gasteiger partial charge in [-0.25, -0.2) is 13.1 Å². The lowest BCUT2D eigenvalue weighted by Gasteiger charge is -2.09. The molecule has 112 valence electrons. The number of aryl methyl sites for hydroxylation is 2. The van der Waals surface area contributed by atoms with Crippen molar-refractivity contribution in [1.82, 2.24) is 14.9 Å². The Kier molecular flexibility index (Phi) is 4.05. The quantitative estimate of drug-likeness (QED) is 0.639. The number of nitrogens with zero attached hydrogens (tertiary/aromatic N) is 2. The molecule has 0 fully saturated rings. The standard InChI is InChI=1S/C12H14N4O4S/c1-8-4-3-5-11(16(17)18)12(8)21(19,20)14-7-10-9(2)6-13-15-10/h3-6,14H,7H2,1-2H3,(H,13,15). The smallest absolute Gasteiger partial charge is 0.281 e. The summed E-state index contributed by atoms with van der Waals surface area (Å²) >= 11 is 0. The lowest BCUT2D eigenvalue weighted by Crippen LogP contribution is -2.25. The number of H-pyrrole nitrogens is 1. The van der Waals surface area contributed by atoms with Crippen molar-refractivity contribution < 1.29 is 13.3 Å². The molecule has 0 aliphatic heterocycles. The second-order valence-electron chi connectivity index (χ2n) is 4.54. The van der Waals surface area contributed by atoms with Crippen molar-refractivity contribution in [3.63, 3.8) is 0 Å². The number of aromatic nitrogens is 2. The molecule has 0 amide bonds. The number of hydrogen-bond acceptors (Lipinski definition) is 5. The highest BCUT2D eigenvalue weighted by Gasteiger charge is 2.27. The second-order valence-corrected chi connectivity index (χ2v) is 6.24. The molecule has 2 rings (SSSR count). The van der Waals surface area contributed by atoms with Crippen LogP contribution in [0.4, 0.5) is 5.69 Å². The van der Waals surface area contributed by atoms with Crippen LogP contribution in [0.25, 0.3) is 0 Å². The van der Waals surface area contributed by atoms with Crippen LogP contribution in [-0.4, -0.2) is 23.5 Å². The predicted octanol–water partition coefficient (Wildman–Crippen LogP) is 1.41. The summed E-state index contributed by atoms with van der Waals surface area (Å²) < 4.78 is 27.0. The van der Waals surface area contributed by atoms with E-state index in [0.29, 0.717) is 11.3 Å². The van der Waals surface area contributed by atoms with Crippen LogP contribution in [0.2, 0.25) is 0 Å². The van der Waals surface area contributed by atoms with Gasteiger partial charge in [0.1, 0.15) is 0 Å². The van der Waals surface area contributed by atoms with Crippen molar-refractivity contribution in [2.24, 2.45) is 0 Å². The van der Waals surface area contributed by atoms with Crippen LogP contribution in [0.5, 0.6) is 0 Å². The normalized spacial score (nSPS) is 11.5. The van der Waals surface area contributed by atoms with Crippen molar-refractivity contribution in [3.8, 4) is 0 Å². The first kappa shape index (κ1) is 15.1. The highest BCUT2D eigenvalue weighted by Crippen LogP contribution is 2.26. The van der Waals surface area contributed by atoms with E-state index in [-0.39, 0.29) is 11.4 Å². The Morgan fingerprint density at radius 2 is 2.05 bits per heavy atom. The summed E-state index contributed by atoms with van der Waals surface area (Å²) in [5, 5.41) is 17.5. The summed E-state index contributed by atoms with van der Waals surface area (Å²) in [5.41, 5.74) is 1.29. The third kappa shape index (κ3) is 3.09. The molecule has 0 atom stereocenters. The number of hydrogen-bond donors (Lipinski definition) is 2. The van der Waals surface area contributed by atoms with Crippen molar-refractivity contribution in [3.05, 3.63) is 51.3 Å². The molecule has 8 nitrogen and oxygen atoms in total.